The first-order valence-electron chi connectivity index (χ1n) is 4.42. The fraction of sp³-hybridized carbons (Fsp3) is 0.100. The molecule has 2 aromatic heterocycles. The lowest BCUT2D eigenvalue weighted by molar-refractivity contribution is -0.688. The molecule has 0 unspecified atom stereocenters. The smallest absolute Gasteiger partial charge is 0.289 e. The minimum atomic E-state index is -0.338. The van der Waals surface area contributed by atoms with Crippen LogP contribution in [0.5, 0.6) is 0 Å². The third-order valence-electron chi connectivity index (χ3n) is 2.02. The first-order valence-corrected chi connectivity index (χ1v) is 5.30. The lowest BCUT2D eigenvalue weighted by Gasteiger charge is -1.93. The summed E-state index contributed by atoms with van der Waals surface area (Å²) in [5, 5.41) is 12.4. The minimum absolute atomic E-state index is 0. The van der Waals surface area contributed by atoms with E-state index in [2.05, 4.69) is 0 Å². The Hall–Kier alpha value is -1.27. The van der Waals surface area contributed by atoms with Gasteiger partial charge in [-0.25, -0.2) is 0 Å². The molecule has 84 valence electrons. The Morgan fingerprint density at radius 1 is 1.31 bits per heavy atom. The summed E-state index contributed by atoms with van der Waals surface area (Å²) in [4.78, 5) is 11.1. The van der Waals surface area contributed by atoms with Crippen molar-refractivity contribution < 1.29 is 26.5 Å². The summed E-state index contributed by atoms with van der Waals surface area (Å²) in [7, 11) is 0. The number of aromatic nitrogens is 1. The van der Waals surface area contributed by atoms with Gasteiger partial charge in [0, 0.05) is 18.2 Å². The van der Waals surface area contributed by atoms with Crippen molar-refractivity contribution in [1.29, 1.82) is 0 Å². The molecule has 2 rings (SSSR count). The topological polar surface area (TPSA) is 47.0 Å². The number of hydrogen-bond donors (Lipinski definition) is 0. The fourth-order valence-electron chi connectivity index (χ4n) is 1.32. The van der Waals surface area contributed by atoms with Gasteiger partial charge in [0.1, 0.15) is 4.88 Å². The van der Waals surface area contributed by atoms with Gasteiger partial charge >= 0.3 is 0 Å². The molecule has 0 saturated heterocycles. The van der Waals surface area contributed by atoms with Crippen LogP contribution in [0.15, 0.2) is 42.0 Å². The fourth-order valence-corrected chi connectivity index (χ4v) is 2.17. The molecule has 0 radical (unpaired) electrons. The van der Waals surface area contributed by atoms with Gasteiger partial charge in [0.15, 0.2) is 18.9 Å². The molecule has 0 amide bonds. The third-order valence-corrected chi connectivity index (χ3v) is 2.92. The first-order chi connectivity index (χ1) is 7.27. The molecule has 0 saturated carbocycles. The number of hydrogen-bond acceptors (Lipinski definition) is 3. The van der Waals surface area contributed by atoms with Crippen LogP contribution in [0.4, 0.5) is 5.69 Å². The van der Waals surface area contributed by atoms with Crippen molar-refractivity contribution in [2.24, 2.45) is 0 Å². The zero-order chi connectivity index (χ0) is 10.7. The van der Waals surface area contributed by atoms with Crippen LogP contribution < -0.4 is 21.5 Å². The summed E-state index contributed by atoms with van der Waals surface area (Å²) in [6, 6.07) is 7.27. The van der Waals surface area contributed by atoms with Crippen LogP contribution in [0.2, 0.25) is 0 Å². The maximum absolute atomic E-state index is 10.7. The molecular formula is C10H9BrN2O2S. The van der Waals surface area contributed by atoms with Gasteiger partial charge in [-0.2, -0.15) is 4.57 Å². The second-order valence-corrected chi connectivity index (χ2v) is 4.03. The first kappa shape index (κ1) is 12.8. The average molecular weight is 301 g/mol. The summed E-state index contributed by atoms with van der Waals surface area (Å²) in [5.74, 6) is 0. The molecule has 0 aliphatic heterocycles. The zero-order valence-electron chi connectivity index (χ0n) is 8.25. The number of halogens is 1. The Morgan fingerprint density at radius 3 is 2.62 bits per heavy atom. The lowest BCUT2D eigenvalue weighted by atomic mass is 10.4. The predicted octanol–water partition coefficient (Wildman–Crippen LogP) is -1.00. The van der Waals surface area contributed by atoms with E-state index in [0.717, 1.165) is 4.88 Å². The normalized spacial score (nSPS) is 9.50. The van der Waals surface area contributed by atoms with Crippen LogP contribution in [0.1, 0.15) is 4.88 Å². The predicted molar refractivity (Wildman–Crippen MR) is 56.7 cm³/mol. The van der Waals surface area contributed by atoms with Gasteiger partial charge in [-0.3, -0.25) is 10.1 Å². The third kappa shape index (κ3) is 2.86. The van der Waals surface area contributed by atoms with Crippen LogP contribution in [0, 0.1) is 10.1 Å². The number of pyridine rings is 1. The van der Waals surface area contributed by atoms with Crippen LogP contribution >= 0.6 is 11.3 Å². The van der Waals surface area contributed by atoms with Crippen molar-refractivity contribution in [3.8, 4) is 0 Å². The molecule has 0 atom stereocenters. The van der Waals surface area contributed by atoms with Crippen molar-refractivity contribution in [2.45, 2.75) is 6.54 Å². The van der Waals surface area contributed by atoms with Crippen LogP contribution in [0.3, 0.4) is 0 Å². The van der Waals surface area contributed by atoms with E-state index >= 15 is 0 Å². The summed E-state index contributed by atoms with van der Waals surface area (Å²) >= 11 is 1.41. The second-order valence-electron chi connectivity index (χ2n) is 3.03. The van der Waals surface area contributed by atoms with E-state index < -0.39 is 0 Å². The Balaban J connectivity index is 0.00000128. The molecule has 0 aliphatic carbocycles. The Labute approximate surface area is 107 Å². The maximum Gasteiger partial charge on any atom is 0.289 e. The highest BCUT2D eigenvalue weighted by atomic mass is 79.9. The Bertz CT molecular complexity index is 473. The molecule has 2 heterocycles. The minimum Gasteiger partial charge on any atom is -1.00 e. The summed E-state index contributed by atoms with van der Waals surface area (Å²) in [5.41, 5.74) is 0.205. The summed E-state index contributed by atoms with van der Waals surface area (Å²) in [6.45, 7) is 0.550. The Kier molecular flexibility index (Phi) is 4.57. The van der Waals surface area contributed by atoms with Crippen molar-refractivity contribution in [1.82, 2.24) is 0 Å². The largest absolute Gasteiger partial charge is 1.00 e. The van der Waals surface area contributed by atoms with Crippen molar-refractivity contribution in [2.75, 3.05) is 0 Å². The van der Waals surface area contributed by atoms with Gasteiger partial charge < -0.3 is 17.0 Å². The summed E-state index contributed by atoms with van der Waals surface area (Å²) < 4.78 is 1.92. The van der Waals surface area contributed by atoms with Crippen molar-refractivity contribution in [3.63, 3.8) is 0 Å². The van der Waals surface area contributed by atoms with Crippen LogP contribution in [-0.2, 0) is 6.54 Å². The van der Waals surface area contributed by atoms with E-state index in [1.54, 1.807) is 11.4 Å². The highest BCUT2D eigenvalue weighted by Crippen LogP contribution is 2.23. The van der Waals surface area contributed by atoms with Gasteiger partial charge in [0.2, 0.25) is 0 Å². The second kappa shape index (κ2) is 5.72. The SMILES string of the molecule is O=[N+]([O-])c1ccsc1C[n+]1ccccc1.[Br-]. The zero-order valence-corrected chi connectivity index (χ0v) is 10.6. The van der Waals surface area contributed by atoms with Crippen LogP contribution in [0.25, 0.3) is 0 Å². The molecule has 0 spiro atoms. The van der Waals surface area contributed by atoms with E-state index in [1.807, 2.05) is 35.2 Å². The van der Waals surface area contributed by atoms with Crippen LogP contribution in [-0.4, -0.2) is 4.92 Å². The van der Waals surface area contributed by atoms with E-state index in [0.29, 0.717) is 6.54 Å². The maximum atomic E-state index is 10.7. The number of nitro groups is 1. The molecule has 16 heavy (non-hydrogen) atoms. The van der Waals surface area contributed by atoms with Gasteiger partial charge in [-0.15, -0.1) is 11.3 Å². The molecule has 0 bridgehead atoms. The standard InChI is InChI=1S/C10H9N2O2S.BrH/c13-12(14)9-4-7-15-10(9)8-11-5-2-1-3-6-11;/h1-7H,8H2;1H/q+1;/p-1. The molecule has 0 aromatic carbocycles. The van der Waals surface area contributed by atoms with E-state index in [9.17, 15) is 10.1 Å². The van der Waals surface area contributed by atoms with Gasteiger partial charge in [-0.05, 0) is 5.38 Å². The molecule has 0 N–H and O–H groups in total. The van der Waals surface area contributed by atoms with E-state index in [1.165, 1.54) is 11.3 Å². The number of nitrogens with zero attached hydrogens (tertiary/aromatic N) is 2. The molecule has 0 fully saturated rings. The number of rotatable bonds is 3. The van der Waals surface area contributed by atoms with Crippen molar-refractivity contribution >= 4 is 17.0 Å². The summed E-state index contributed by atoms with van der Waals surface area (Å²) in [6.07, 6.45) is 3.78. The van der Waals surface area contributed by atoms with Crippen molar-refractivity contribution in [3.05, 3.63) is 57.0 Å². The van der Waals surface area contributed by atoms with E-state index in [-0.39, 0.29) is 27.6 Å². The molecule has 6 heteroatoms. The number of thiophene rings is 1. The monoisotopic (exact) mass is 300 g/mol. The molecular weight excluding hydrogens is 292 g/mol. The highest BCUT2D eigenvalue weighted by Gasteiger charge is 2.17. The Morgan fingerprint density at radius 2 is 2.00 bits per heavy atom. The van der Waals surface area contributed by atoms with E-state index in [4.69, 9.17) is 0 Å². The average Bonchev–Trinajstić information content (AvgIpc) is 2.67. The van der Waals surface area contributed by atoms with Gasteiger partial charge in [-0.1, -0.05) is 6.07 Å². The van der Waals surface area contributed by atoms with Gasteiger partial charge in [0.25, 0.3) is 5.69 Å². The quantitative estimate of drug-likeness (QED) is 0.415. The lowest BCUT2D eigenvalue weighted by Crippen LogP contribution is -3.00. The molecule has 0 aliphatic rings. The highest BCUT2D eigenvalue weighted by molar-refractivity contribution is 7.10. The van der Waals surface area contributed by atoms with Gasteiger partial charge in [0.05, 0.1) is 4.92 Å². The molecule has 2 aromatic rings. The molecule has 4 nitrogen and oxygen atoms in total.